The monoisotopic (exact) mass is 791 g/mol. The molecular weight excluding hydrogens is 755 g/mol. The zero-order valence-corrected chi connectivity index (χ0v) is 33.6. The second-order valence-electron chi connectivity index (χ2n) is 15.9. The molecule has 0 atom stereocenters. The summed E-state index contributed by atoms with van der Waals surface area (Å²) in [6.07, 6.45) is 0. The Morgan fingerprint density at radius 1 is 0.306 bits per heavy atom. The average molecular weight is 792 g/mol. The molecule has 4 nitrogen and oxygen atoms in total. The Kier molecular flexibility index (Phi) is 8.36. The summed E-state index contributed by atoms with van der Waals surface area (Å²) in [6.45, 7) is 0. The summed E-state index contributed by atoms with van der Waals surface area (Å²) in [5.74, 6) is 1.80. The van der Waals surface area contributed by atoms with Crippen molar-refractivity contribution < 1.29 is 4.42 Å². The van der Waals surface area contributed by atoms with Gasteiger partial charge in [-0.15, -0.1) is 0 Å². The lowest BCUT2D eigenvalue weighted by molar-refractivity contribution is 0.665. The summed E-state index contributed by atoms with van der Waals surface area (Å²) in [5, 5.41) is 1.98. The van der Waals surface area contributed by atoms with Crippen LogP contribution < -0.4 is 0 Å². The first-order chi connectivity index (χ1) is 30.7. The van der Waals surface area contributed by atoms with Gasteiger partial charge >= 0.3 is 0 Å². The Balaban J connectivity index is 1.02. The van der Waals surface area contributed by atoms with Gasteiger partial charge in [0, 0.05) is 27.5 Å². The maximum absolute atomic E-state index is 6.84. The summed E-state index contributed by atoms with van der Waals surface area (Å²) in [4.78, 5) is 15.5. The minimum Gasteiger partial charge on any atom is -0.456 e. The SMILES string of the molecule is c1ccc(-c2cccc(-c3cccc(-c4nc(-c5ccccc5)nc(-c5cccc6oc7cc(C8(c9ccccc9)c9ccccc9-c9ccccc98)ccc7c56)n4)c3)c2)cc1. The fraction of sp³-hybridized carbons (Fsp3) is 0.0172. The number of hydrogen-bond donors (Lipinski definition) is 0. The van der Waals surface area contributed by atoms with E-state index in [9.17, 15) is 0 Å². The van der Waals surface area contributed by atoms with Gasteiger partial charge in [-0.3, -0.25) is 0 Å². The van der Waals surface area contributed by atoms with Crippen LogP contribution in [0.3, 0.4) is 0 Å². The van der Waals surface area contributed by atoms with E-state index in [1.807, 2.05) is 48.5 Å². The predicted octanol–water partition coefficient (Wildman–Crippen LogP) is 14.5. The van der Waals surface area contributed by atoms with Crippen molar-refractivity contribution in [1.29, 1.82) is 0 Å². The minimum absolute atomic E-state index is 0.532. The molecule has 0 unspecified atom stereocenters. The molecule has 9 aromatic carbocycles. The van der Waals surface area contributed by atoms with Crippen LogP contribution in [-0.4, -0.2) is 15.0 Å². The summed E-state index contributed by atoms with van der Waals surface area (Å²) in [7, 11) is 0. The smallest absolute Gasteiger partial charge is 0.164 e. The molecule has 11 aromatic rings. The van der Waals surface area contributed by atoms with Crippen LogP contribution in [0.5, 0.6) is 0 Å². The van der Waals surface area contributed by atoms with Crippen molar-refractivity contribution >= 4 is 21.9 Å². The van der Waals surface area contributed by atoms with E-state index in [4.69, 9.17) is 19.4 Å². The Bertz CT molecular complexity index is 3420. The van der Waals surface area contributed by atoms with Crippen molar-refractivity contribution in [3.8, 4) is 67.5 Å². The summed E-state index contributed by atoms with van der Waals surface area (Å²) in [5.41, 5.74) is 15.7. The van der Waals surface area contributed by atoms with Crippen LogP contribution in [0.4, 0.5) is 0 Å². The fourth-order valence-electron chi connectivity index (χ4n) is 9.65. The first-order valence-corrected chi connectivity index (χ1v) is 21.0. The van der Waals surface area contributed by atoms with E-state index in [2.05, 4.69) is 176 Å². The third-order valence-electron chi connectivity index (χ3n) is 12.4. The van der Waals surface area contributed by atoms with Gasteiger partial charge in [0.05, 0.1) is 5.41 Å². The van der Waals surface area contributed by atoms with Gasteiger partial charge in [0.15, 0.2) is 17.5 Å². The van der Waals surface area contributed by atoms with Gasteiger partial charge in [-0.1, -0.05) is 200 Å². The van der Waals surface area contributed by atoms with E-state index < -0.39 is 5.41 Å². The van der Waals surface area contributed by atoms with E-state index in [0.29, 0.717) is 17.5 Å². The van der Waals surface area contributed by atoms with E-state index >= 15 is 0 Å². The molecule has 0 aliphatic heterocycles. The molecule has 290 valence electrons. The van der Waals surface area contributed by atoms with Crippen molar-refractivity contribution in [2.24, 2.45) is 0 Å². The molecule has 62 heavy (non-hydrogen) atoms. The highest BCUT2D eigenvalue weighted by atomic mass is 16.3. The van der Waals surface area contributed by atoms with Crippen molar-refractivity contribution in [1.82, 2.24) is 15.0 Å². The Hall–Kier alpha value is -8.21. The standard InChI is InChI=1S/C58H37N3O/c1-4-17-38(18-5-1)40-21-14-22-41(35-40)42-23-15-24-43(36-42)56-59-55(39-19-6-2-7-20-39)60-57(61-56)49-29-16-32-52-54(49)48-34-33-45(37-53(48)62-52)58(44-25-8-3-9-26-44)50-30-12-10-27-46(50)47-28-11-13-31-51(47)58/h1-37H. The lowest BCUT2D eigenvalue weighted by Crippen LogP contribution is -2.28. The highest BCUT2D eigenvalue weighted by Gasteiger charge is 2.46. The molecule has 0 spiro atoms. The van der Waals surface area contributed by atoms with Gasteiger partial charge in [0.2, 0.25) is 0 Å². The normalized spacial score (nSPS) is 12.6. The summed E-state index contributed by atoms with van der Waals surface area (Å²) < 4.78 is 6.84. The number of rotatable bonds is 7. The van der Waals surface area contributed by atoms with Gasteiger partial charge < -0.3 is 4.42 Å². The molecule has 1 aliphatic carbocycles. The molecule has 0 fully saturated rings. The Morgan fingerprint density at radius 2 is 0.790 bits per heavy atom. The number of furan rings is 1. The summed E-state index contributed by atoms with van der Waals surface area (Å²) >= 11 is 0. The molecule has 2 aromatic heterocycles. The molecule has 0 bridgehead atoms. The van der Waals surface area contributed by atoms with E-state index in [0.717, 1.165) is 55.3 Å². The Labute approximate surface area is 359 Å². The van der Waals surface area contributed by atoms with Crippen molar-refractivity contribution in [3.05, 3.63) is 247 Å². The second-order valence-corrected chi connectivity index (χ2v) is 15.9. The highest BCUT2D eigenvalue weighted by Crippen LogP contribution is 2.56. The van der Waals surface area contributed by atoms with Gasteiger partial charge in [-0.2, -0.15) is 0 Å². The first-order valence-electron chi connectivity index (χ1n) is 21.0. The van der Waals surface area contributed by atoms with Crippen LogP contribution in [-0.2, 0) is 5.41 Å². The lowest BCUT2D eigenvalue weighted by atomic mass is 9.67. The zero-order chi connectivity index (χ0) is 41.0. The lowest BCUT2D eigenvalue weighted by Gasteiger charge is -2.33. The van der Waals surface area contributed by atoms with Crippen LogP contribution in [0.1, 0.15) is 22.3 Å². The van der Waals surface area contributed by atoms with E-state index in [1.54, 1.807) is 0 Å². The molecule has 4 heteroatoms. The van der Waals surface area contributed by atoms with Gasteiger partial charge in [-0.05, 0) is 79.9 Å². The van der Waals surface area contributed by atoms with Crippen molar-refractivity contribution in [2.75, 3.05) is 0 Å². The number of nitrogens with zero attached hydrogens (tertiary/aromatic N) is 3. The molecule has 0 N–H and O–H groups in total. The average Bonchev–Trinajstić information content (AvgIpc) is 3.88. The third kappa shape index (κ3) is 5.72. The number of benzene rings is 9. The van der Waals surface area contributed by atoms with E-state index in [1.165, 1.54) is 38.9 Å². The van der Waals surface area contributed by atoms with Gasteiger partial charge in [0.1, 0.15) is 11.2 Å². The molecule has 2 heterocycles. The van der Waals surface area contributed by atoms with Gasteiger partial charge in [0.25, 0.3) is 0 Å². The van der Waals surface area contributed by atoms with Crippen LogP contribution in [0.2, 0.25) is 0 Å². The van der Waals surface area contributed by atoms with E-state index in [-0.39, 0.29) is 0 Å². The second kappa shape index (κ2) is 14.5. The zero-order valence-electron chi connectivity index (χ0n) is 33.6. The molecule has 1 aliphatic rings. The topological polar surface area (TPSA) is 51.8 Å². The highest BCUT2D eigenvalue weighted by molar-refractivity contribution is 6.12. The first kappa shape index (κ1) is 35.7. The van der Waals surface area contributed by atoms with Gasteiger partial charge in [-0.25, -0.2) is 15.0 Å². The maximum Gasteiger partial charge on any atom is 0.164 e. The molecule has 0 saturated heterocycles. The number of fused-ring (bicyclic) bond motifs is 6. The molecule has 0 radical (unpaired) electrons. The molecule has 12 rings (SSSR count). The number of hydrogen-bond acceptors (Lipinski definition) is 4. The van der Waals surface area contributed by atoms with Crippen molar-refractivity contribution in [3.63, 3.8) is 0 Å². The molecule has 0 amide bonds. The molecule has 0 saturated carbocycles. The van der Waals surface area contributed by atoms with Crippen LogP contribution in [0.15, 0.2) is 229 Å². The number of aromatic nitrogens is 3. The Morgan fingerprint density at radius 3 is 1.47 bits per heavy atom. The maximum atomic E-state index is 6.84. The summed E-state index contributed by atoms with van der Waals surface area (Å²) in [6, 6.07) is 79.2. The van der Waals surface area contributed by atoms with Crippen molar-refractivity contribution in [2.45, 2.75) is 5.41 Å². The molecular formula is C58H37N3O. The third-order valence-corrected chi connectivity index (χ3v) is 12.4. The van der Waals surface area contributed by atoms with Crippen LogP contribution in [0, 0.1) is 0 Å². The minimum atomic E-state index is -0.532. The largest absolute Gasteiger partial charge is 0.456 e. The van der Waals surface area contributed by atoms with Crippen LogP contribution >= 0.6 is 0 Å². The quantitative estimate of drug-likeness (QED) is 0.161. The van der Waals surface area contributed by atoms with Crippen LogP contribution in [0.25, 0.3) is 89.5 Å². The predicted molar refractivity (Wildman–Crippen MR) is 252 cm³/mol. The fourth-order valence-corrected chi connectivity index (χ4v) is 9.65.